The van der Waals surface area contributed by atoms with Gasteiger partial charge in [0.05, 0.1) is 0 Å². The molecule has 0 bridgehead atoms. The molecule has 29 heavy (non-hydrogen) atoms. The van der Waals surface area contributed by atoms with Gasteiger partial charge in [-0.3, -0.25) is 0 Å². The maximum atomic E-state index is 14.0. The van der Waals surface area contributed by atoms with Crippen LogP contribution in [0.1, 0.15) is 48.0 Å². The van der Waals surface area contributed by atoms with Crippen LogP contribution in [0.25, 0.3) is 5.57 Å². The van der Waals surface area contributed by atoms with Gasteiger partial charge in [-0.05, 0) is 0 Å². The van der Waals surface area contributed by atoms with Crippen molar-refractivity contribution in [1.82, 2.24) is 0 Å². The Morgan fingerprint density at radius 1 is 0.931 bits per heavy atom. The molecule has 4 rings (SSSR count). The first kappa shape index (κ1) is 20.9. The van der Waals surface area contributed by atoms with Gasteiger partial charge in [-0.1, -0.05) is 0 Å². The zero-order valence-corrected chi connectivity index (χ0v) is 21.7. The molecule has 2 aliphatic rings. The summed E-state index contributed by atoms with van der Waals surface area (Å²) in [5.41, 5.74) is 9.31. The first-order valence-corrected chi connectivity index (χ1v) is 19.3. The van der Waals surface area contributed by atoms with E-state index in [1.54, 1.807) is 17.2 Å². The zero-order valence-electron chi connectivity index (χ0n) is 18.2. The molecule has 2 aliphatic carbocycles. The molecule has 0 saturated carbocycles. The molecule has 3 heteroatoms. The fourth-order valence-electron chi connectivity index (χ4n) is 5.05. The van der Waals surface area contributed by atoms with Gasteiger partial charge in [-0.25, -0.2) is 0 Å². The number of allylic oxidation sites excluding steroid dienone is 5. The van der Waals surface area contributed by atoms with Crippen LogP contribution in [0.2, 0.25) is 13.1 Å². The third-order valence-electron chi connectivity index (χ3n) is 6.84. The van der Waals surface area contributed by atoms with E-state index in [0.29, 0.717) is 9.54 Å². The molecule has 0 saturated heterocycles. The molecule has 0 fully saturated rings. The molecule has 0 aliphatic heterocycles. The second kappa shape index (κ2) is 8.08. The van der Waals surface area contributed by atoms with Gasteiger partial charge in [-0.2, -0.15) is 0 Å². The number of benzene rings is 2. The minimum absolute atomic E-state index is 0.155. The second-order valence-electron chi connectivity index (χ2n) is 8.64. The van der Waals surface area contributed by atoms with Gasteiger partial charge in [0.25, 0.3) is 0 Å². The summed E-state index contributed by atoms with van der Waals surface area (Å²) in [5, 5.41) is 0. The maximum absolute atomic E-state index is 14.0. The van der Waals surface area contributed by atoms with Crippen LogP contribution in [-0.2, 0) is 20.4 Å². The Hall–Kier alpha value is -1.31. The van der Waals surface area contributed by atoms with Gasteiger partial charge in [0.1, 0.15) is 0 Å². The van der Waals surface area contributed by atoms with Gasteiger partial charge in [0, 0.05) is 0 Å². The molecule has 0 amide bonds. The van der Waals surface area contributed by atoms with Crippen LogP contribution in [0.4, 0.5) is 4.39 Å². The monoisotopic (exact) mass is 478 g/mol. The van der Waals surface area contributed by atoms with E-state index in [2.05, 4.69) is 77.2 Å². The quantitative estimate of drug-likeness (QED) is 0.401. The van der Waals surface area contributed by atoms with Crippen molar-refractivity contribution in [3.63, 3.8) is 0 Å². The van der Waals surface area contributed by atoms with Crippen LogP contribution in [0.3, 0.4) is 0 Å². The van der Waals surface area contributed by atoms with E-state index in [1.807, 2.05) is 9.35 Å². The Morgan fingerprint density at radius 3 is 2.28 bits per heavy atom. The summed E-state index contributed by atoms with van der Waals surface area (Å²) >= 11 is -1.99. The number of hydrogen-bond donors (Lipinski definition) is 0. The van der Waals surface area contributed by atoms with E-state index in [-0.39, 0.29) is 5.82 Å². The van der Waals surface area contributed by atoms with Crippen LogP contribution in [0.5, 0.6) is 0 Å². The first-order valence-electron chi connectivity index (χ1n) is 10.4. The third-order valence-corrected chi connectivity index (χ3v) is 25.4. The second-order valence-corrected chi connectivity index (χ2v) is 26.1. The van der Waals surface area contributed by atoms with E-state index in [9.17, 15) is 4.39 Å². The molecule has 0 aromatic heterocycles. The number of fused-ring (bicyclic) bond motifs is 1. The van der Waals surface area contributed by atoms with E-state index >= 15 is 0 Å². The summed E-state index contributed by atoms with van der Waals surface area (Å²) in [6, 6.07) is 16.0. The molecule has 2 aromatic rings. The SMILES string of the molecule is CC1=C(C)C(C)[C]([Zr]([CH]2C=C(c3cccc(F)c3)c3ccccc32)=[Si](C)C)=C1C. The van der Waals surface area contributed by atoms with Gasteiger partial charge >= 0.3 is 183 Å². The molecule has 0 radical (unpaired) electrons. The van der Waals surface area contributed by atoms with Crippen molar-refractivity contribution < 1.29 is 24.8 Å². The summed E-state index contributed by atoms with van der Waals surface area (Å²) in [6.07, 6.45) is 2.52. The molecule has 148 valence electrons. The molecule has 0 N–H and O–H groups in total. The molecule has 2 aromatic carbocycles. The van der Waals surface area contributed by atoms with Crippen molar-refractivity contribution in [2.75, 3.05) is 0 Å². The standard InChI is InChI=1S/C15H10F.C9H13.C2H6Si.Zr/c16-13-6-3-5-12(10-13)15-9-8-11-4-1-2-7-14(11)15;1-6-5-7(2)9(4)8(6)3;1-3-2;/h1-10H;6H,1-4H3;1-2H3;. The Bertz CT molecular complexity index is 1130. The number of halogens is 1. The van der Waals surface area contributed by atoms with E-state index in [4.69, 9.17) is 0 Å². The van der Waals surface area contributed by atoms with Gasteiger partial charge in [-0.15, -0.1) is 0 Å². The van der Waals surface area contributed by atoms with Gasteiger partial charge in [0.2, 0.25) is 0 Å². The normalized spacial score (nSPS) is 20.9. The van der Waals surface area contributed by atoms with Crippen LogP contribution < -0.4 is 0 Å². The molecule has 0 nitrogen and oxygen atoms in total. The Balaban J connectivity index is 1.91. The summed E-state index contributed by atoms with van der Waals surface area (Å²) in [7, 11) is 0. The Kier molecular flexibility index (Phi) is 5.84. The molecular weight excluding hydrogens is 451 g/mol. The van der Waals surface area contributed by atoms with Crippen molar-refractivity contribution in [2.45, 2.75) is 44.4 Å². The Morgan fingerprint density at radius 2 is 1.66 bits per heavy atom. The van der Waals surface area contributed by atoms with Crippen molar-refractivity contribution in [3.8, 4) is 0 Å². The van der Waals surface area contributed by atoms with Crippen molar-refractivity contribution in [2.24, 2.45) is 5.92 Å². The third kappa shape index (κ3) is 3.55. The van der Waals surface area contributed by atoms with Crippen LogP contribution in [0.15, 0.2) is 74.6 Å². The van der Waals surface area contributed by atoms with Crippen LogP contribution in [-0.4, -0.2) is 5.43 Å². The summed E-state index contributed by atoms with van der Waals surface area (Å²) in [6.45, 7) is 14.5. The van der Waals surface area contributed by atoms with Gasteiger partial charge in [0.15, 0.2) is 0 Å². The van der Waals surface area contributed by atoms with E-state index < -0.39 is 25.8 Å². The topological polar surface area (TPSA) is 0 Å². The average molecular weight is 480 g/mol. The fourth-order valence-corrected chi connectivity index (χ4v) is 24.7. The first-order chi connectivity index (χ1) is 13.8. The fraction of sp³-hybridized carbons (Fsp3) is 0.308. The number of hydrogen-bond acceptors (Lipinski definition) is 0. The predicted molar refractivity (Wildman–Crippen MR) is 120 cm³/mol. The molecule has 2 atom stereocenters. The molecular formula is C26H29FSiZr. The van der Waals surface area contributed by atoms with Gasteiger partial charge < -0.3 is 0 Å². The summed E-state index contributed by atoms with van der Waals surface area (Å²) in [4.78, 5) is 0. The van der Waals surface area contributed by atoms with Crippen LogP contribution >= 0.6 is 0 Å². The van der Waals surface area contributed by atoms with E-state index in [1.165, 1.54) is 28.3 Å². The minimum atomic E-state index is -1.99. The number of rotatable bonds is 3. The molecule has 0 spiro atoms. The summed E-state index contributed by atoms with van der Waals surface area (Å²) < 4.78 is 16.4. The van der Waals surface area contributed by atoms with Crippen molar-refractivity contribution in [1.29, 1.82) is 0 Å². The predicted octanol–water partition coefficient (Wildman–Crippen LogP) is 7.44. The Labute approximate surface area is 182 Å². The van der Waals surface area contributed by atoms with E-state index in [0.717, 1.165) is 5.56 Å². The average Bonchev–Trinajstić information content (AvgIpc) is 3.16. The summed E-state index contributed by atoms with van der Waals surface area (Å²) in [5.74, 6) is 0.445. The van der Waals surface area contributed by atoms with Crippen molar-refractivity contribution >= 4 is 11.0 Å². The molecule has 2 unspecified atom stereocenters. The molecule has 0 heterocycles. The van der Waals surface area contributed by atoms with Crippen LogP contribution in [0, 0.1) is 11.7 Å². The zero-order chi connectivity index (χ0) is 20.9. The van der Waals surface area contributed by atoms with Crippen molar-refractivity contribution in [3.05, 3.63) is 97.1 Å².